The van der Waals surface area contributed by atoms with Gasteiger partial charge in [-0.25, -0.2) is 9.97 Å². The molecule has 5 rings (SSSR count). The molecule has 0 spiro atoms. The van der Waals surface area contributed by atoms with Gasteiger partial charge in [0.1, 0.15) is 17.1 Å². The standard InChI is InChI=1S/C23H17N5O/c29-19-13-7-8-16(14-19)21-26-20-15-24-23(25-17-9-3-1-4-10-17)27-22(20)28(21)18-11-5-2-6-12-18/h1-15,29H,(H,24,25,27). The van der Waals surface area contributed by atoms with Crippen molar-refractivity contribution in [3.8, 4) is 22.8 Å². The Bertz CT molecular complexity index is 1280. The number of nitrogens with one attached hydrogen (secondary N) is 1. The van der Waals surface area contributed by atoms with E-state index in [1.165, 1.54) is 0 Å². The molecule has 0 amide bonds. The Morgan fingerprint density at radius 2 is 1.55 bits per heavy atom. The number of fused-ring (bicyclic) bond motifs is 1. The van der Waals surface area contributed by atoms with Crippen LogP contribution in [0.5, 0.6) is 5.75 Å². The van der Waals surface area contributed by atoms with E-state index in [0.29, 0.717) is 22.9 Å². The van der Waals surface area contributed by atoms with E-state index < -0.39 is 0 Å². The van der Waals surface area contributed by atoms with E-state index in [-0.39, 0.29) is 5.75 Å². The van der Waals surface area contributed by atoms with E-state index in [9.17, 15) is 5.11 Å². The van der Waals surface area contributed by atoms with Crippen LogP contribution < -0.4 is 5.32 Å². The zero-order chi connectivity index (χ0) is 19.6. The molecule has 2 aromatic heterocycles. The van der Waals surface area contributed by atoms with Crippen molar-refractivity contribution in [2.24, 2.45) is 0 Å². The highest BCUT2D eigenvalue weighted by Gasteiger charge is 2.17. The molecule has 0 aliphatic heterocycles. The third-order valence-corrected chi connectivity index (χ3v) is 4.55. The third kappa shape index (κ3) is 3.27. The number of anilines is 2. The summed E-state index contributed by atoms with van der Waals surface area (Å²) in [7, 11) is 0. The first-order valence-electron chi connectivity index (χ1n) is 9.20. The molecule has 0 radical (unpaired) electrons. The van der Waals surface area contributed by atoms with Crippen LogP contribution in [0.3, 0.4) is 0 Å². The van der Waals surface area contributed by atoms with Crippen molar-refractivity contribution >= 4 is 22.8 Å². The van der Waals surface area contributed by atoms with Crippen molar-refractivity contribution in [3.63, 3.8) is 0 Å². The van der Waals surface area contributed by atoms with E-state index in [1.54, 1.807) is 24.4 Å². The molecule has 0 unspecified atom stereocenters. The van der Waals surface area contributed by atoms with E-state index in [1.807, 2.05) is 71.3 Å². The number of aromatic nitrogens is 4. The quantitative estimate of drug-likeness (QED) is 0.463. The summed E-state index contributed by atoms with van der Waals surface area (Å²) in [4.78, 5) is 13.9. The molecule has 2 heterocycles. The van der Waals surface area contributed by atoms with Gasteiger partial charge in [-0.2, -0.15) is 4.98 Å². The molecule has 3 aromatic carbocycles. The summed E-state index contributed by atoms with van der Waals surface area (Å²) in [5.41, 5.74) is 3.99. The van der Waals surface area contributed by atoms with Gasteiger partial charge < -0.3 is 10.4 Å². The van der Waals surface area contributed by atoms with Gasteiger partial charge in [0.25, 0.3) is 0 Å². The number of nitrogens with zero attached hydrogens (tertiary/aromatic N) is 4. The van der Waals surface area contributed by atoms with Crippen LogP contribution in [-0.4, -0.2) is 24.6 Å². The lowest BCUT2D eigenvalue weighted by Gasteiger charge is -2.10. The smallest absolute Gasteiger partial charge is 0.229 e. The maximum atomic E-state index is 9.94. The summed E-state index contributed by atoms with van der Waals surface area (Å²) in [5, 5.41) is 13.2. The average molecular weight is 379 g/mol. The Balaban J connectivity index is 1.71. The van der Waals surface area contributed by atoms with Gasteiger partial charge in [0.05, 0.1) is 6.20 Å². The Kier molecular flexibility index (Phi) is 4.14. The minimum Gasteiger partial charge on any atom is -0.508 e. The molecule has 140 valence electrons. The van der Waals surface area contributed by atoms with Gasteiger partial charge in [0, 0.05) is 16.9 Å². The lowest BCUT2D eigenvalue weighted by Crippen LogP contribution is -2.01. The van der Waals surface area contributed by atoms with Crippen molar-refractivity contribution < 1.29 is 5.11 Å². The highest BCUT2D eigenvalue weighted by Crippen LogP contribution is 2.29. The second-order valence-electron chi connectivity index (χ2n) is 6.55. The number of para-hydroxylation sites is 2. The molecule has 0 fully saturated rings. The largest absolute Gasteiger partial charge is 0.508 e. The fourth-order valence-corrected chi connectivity index (χ4v) is 3.25. The highest BCUT2D eigenvalue weighted by molar-refractivity contribution is 5.81. The van der Waals surface area contributed by atoms with Gasteiger partial charge in [0.15, 0.2) is 5.65 Å². The molecule has 29 heavy (non-hydrogen) atoms. The van der Waals surface area contributed by atoms with Crippen LogP contribution in [0.4, 0.5) is 11.6 Å². The topological polar surface area (TPSA) is 75.9 Å². The predicted molar refractivity (Wildman–Crippen MR) is 113 cm³/mol. The predicted octanol–water partition coefficient (Wildman–Crippen LogP) is 4.93. The summed E-state index contributed by atoms with van der Waals surface area (Å²) in [6.45, 7) is 0. The molecule has 0 saturated heterocycles. The number of phenolic OH excluding ortho intramolecular Hbond substituents is 1. The number of benzene rings is 3. The highest BCUT2D eigenvalue weighted by atomic mass is 16.3. The Morgan fingerprint density at radius 1 is 0.793 bits per heavy atom. The summed E-state index contributed by atoms with van der Waals surface area (Å²) >= 11 is 0. The average Bonchev–Trinajstić information content (AvgIpc) is 3.14. The minimum absolute atomic E-state index is 0.187. The molecule has 0 atom stereocenters. The number of imidazole rings is 1. The molecule has 0 bridgehead atoms. The van der Waals surface area contributed by atoms with Crippen LogP contribution in [0.25, 0.3) is 28.2 Å². The monoisotopic (exact) mass is 379 g/mol. The van der Waals surface area contributed by atoms with E-state index in [0.717, 1.165) is 16.9 Å². The van der Waals surface area contributed by atoms with E-state index in [2.05, 4.69) is 10.3 Å². The fraction of sp³-hybridized carbons (Fsp3) is 0. The van der Waals surface area contributed by atoms with Gasteiger partial charge in [-0.05, 0) is 36.4 Å². The Morgan fingerprint density at radius 3 is 2.31 bits per heavy atom. The van der Waals surface area contributed by atoms with Crippen LogP contribution >= 0.6 is 0 Å². The molecule has 6 nitrogen and oxygen atoms in total. The normalized spacial score (nSPS) is 10.9. The molecule has 0 aliphatic rings. The SMILES string of the molecule is Oc1cccc(-c2nc3cnc(Nc4ccccc4)nc3n2-c2ccccc2)c1. The van der Waals surface area contributed by atoms with Crippen molar-refractivity contribution in [2.45, 2.75) is 0 Å². The maximum Gasteiger partial charge on any atom is 0.229 e. The lowest BCUT2D eigenvalue weighted by molar-refractivity contribution is 0.475. The number of hydrogen-bond donors (Lipinski definition) is 2. The Labute approximate surface area is 167 Å². The van der Waals surface area contributed by atoms with Crippen LogP contribution in [0.1, 0.15) is 0 Å². The second-order valence-corrected chi connectivity index (χ2v) is 6.55. The zero-order valence-corrected chi connectivity index (χ0v) is 15.4. The summed E-state index contributed by atoms with van der Waals surface area (Å²) in [6.07, 6.45) is 1.71. The van der Waals surface area contributed by atoms with Gasteiger partial charge in [0.2, 0.25) is 5.95 Å². The number of rotatable bonds is 4. The van der Waals surface area contributed by atoms with Gasteiger partial charge in [-0.15, -0.1) is 0 Å². The van der Waals surface area contributed by atoms with E-state index >= 15 is 0 Å². The second kappa shape index (κ2) is 7.09. The number of aromatic hydroxyl groups is 1. The summed E-state index contributed by atoms with van der Waals surface area (Å²) in [5.74, 6) is 1.36. The minimum atomic E-state index is 0.187. The van der Waals surface area contributed by atoms with Crippen LogP contribution in [0.15, 0.2) is 91.1 Å². The van der Waals surface area contributed by atoms with Gasteiger partial charge in [-0.1, -0.05) is 48.5 Å². The van der Waals surface area contributed by atoms with Crippen LogP contribution in [-0.2, 0) is 0 Å². The fourth-order valence-electron chi connectivity index (χ4n) is 3.25. The molecule has 0 saturated carbocycles. The Hall–Kier alpha value is -4.19. The molecule has 6 heteroatoms. The van der Waals surface area contributed by atoms with Crippen molar-refractivity contribution in [1.82, 2.24) is 19.5 Å². The maximum absolute atomic E-state index is 9.94. The zero-order valence-electron chi connectivity index (χ0n) is 15.4. The van der Waals surface area contributed by atoms with E-state index in [4.69, 9.17) is 9.97 Å². The third-order valence-electron chi connectivity index (χ3n) is 4.55. The molecule has 2 N–H and O–H groups in total. The van der Waals surface area contributed by atoms with Crippen molar-refractivity contribution in [2.75, 3.05) is 5.32 Å². The first-order valence-corrected chi connectivity index (χ1v) is 9.20. The lowest BCUT2D eigenvalue weighted by atomic mass is 10.2. The van der Waals surface area contributed by atoms with Crippen molar-refractivity contribution in [3.05, 3.63) is 91.1 Å². The first kappa shape index (κ1) is 16.9. The van der Waals surface area contributed by atoms with Crippen LogP contribution in [0.2, 0.25) is 0 Å². The van der Waals surface area contributed by atoms with Crippen molar-refractivity contribution in [1.29, 1.82) is 0 Å². The number of phenols is 1. The molecular weight excluding hydrogens is 362 g/mol. The molecule has 0 aliphatic carbocycles. The van der Waals surface area contributed by atoms with Gasteiger partial charge in [-0.3, -0.25) is 4.57 Å². The summed E-state index contributed by atoms with van der Waals surface area (Å²) < 4.78 is 1.97. The molecule has 5 aromatic rings. The summed E-state index contributed by atoms with van der Waals surface area (Å²) in [6, 6.07) is 26.7. The first-order chi connectivity index (χ1) is 14.3. The number of hydrogen-bond acceptors (Lipinski definition) is 5. The molecular formula is C23H17N5O. The van der Waals surface area contributed by atoms with Crippen LogP contribution in [0, 0.1) is 0 Å². The van der Waals surface area contributed by atoms with Gasteiger partial charge >= 0.3 is 0 Å².